The second-order valence-electron chi connectivity index (χ2n) is 5.67. The third kappa shape index (κ3) is 7.12. The maximum absolute atomic E-state index is 11.7. The van der Waals surface area contributed by atoms with Crippen LogP contribution in [0.4, 0.5) is 5.69 Å². The highest BCUT2D eigenvalue weighted by atomic mass is 32.2. The summed E-state index contributed by atoms with van der Waals surface area (Å²) in [6, 6.07) is 7.25. The third-order valence-electron chi connectivity index (χ3n) is 2.40. The number of nitrogens with one attached hydrogen (secondary N) is 2. The summed E-state index contributed by atoms with van der Waals surface area (Å²) < 4.78 is 0.102. The van der Waals surface area contributed by atoms with Crippen molar-refractivity contribution in [1.29, 1.82) is 0 Å². The molecule has 7 heteroatoms. The molecule has 0 aromatic heterocycles. The Morgan fingerprint density at radius 3 is 2.18 bits per heavy atom. The summed E-state index contributed by atoms with van der Waals surface area (Å²) in [5.41, 5.74) is 5.48. The number of hydrogen-bond donors (Lipinski definition) is 3. The SMILES string of the molecule is CC(C)(C)Sc1ccc(NC(=O)C(=O)NCCC(N)=O)cc1. The molecular formula is C15H21N3O3S. The van der Waals surface area contributed by atoms with Gasteiger partial charge in [-0.3, -0.25) is 14.4 Å². The van der Waals surface area contributed by atoms with Gasteiger partial charge in [-0.1, -0.05) is 20.8 Å². The van der Waals surface area contributed by atoms with Crippen LogP contribution in [0.15, 0.2) is 29.2 Å². The van der Waals surface area contributed by atoms with E-state index in [4.69, 9.17) is 5.73 Å². The van der Waals surface area contributed by atoms with Gasteiger partial charge in [-0.15, -0.1) is 11.8 Å². The van der Waals surface area contributed by atoms with Gasteiger partial charge in [-0.05, 0) is 24.3 Å². The minimum atomic E-state index is -0.797. The number of amides is 3. The molecule has 0 spiro atoms. The van der Waals surface area contributed by atoms with Crippen molar-refractivity contribution >= 4 is 35.2 Å². The van der Waals surface area contributed by atoms with Crippen LogP contribution in [0, 0.1) is 0 Å². The molecule has 0 atom stereocenters. The first-order chi connectivity index (χ1) is 10.2. The Morgan fingerprint density at radius 1 is 1.09 bits per heavy atom. The van der Waals surface area contributed by atoms with E-state index >= 15 is 0 Å². The molecule has 120 valence electrons. The zero-order valence-corrected chi connectivity index (χ0v) is 13.8. The van der Waals surface area contributed by atoms with Crippen molar-refractivity contribution < 1.29 is 14.4 Å². The molecular weight excluding hydrogens is 302 g/mol. The van der Waals surface area contributed by atoms with E-state index in [1.165, 1.54) is 0 Å². The Kier molecular flexibility index (Phi) is 6.42. The Labute approximate surface area is 134 Å². The van der Waals surface area contributed by atoms with Crippen LogP contribution in [-0.4, -0.2) is 29.0 Å². The second kappa shape index (κ2) is 7.84. The molecule has 0 radical (unpaired) electrons. The monoisotopic (exact) mass is 323 g/mol. The van der Waals surface area contributed by atoms with Crippen LogP contribution < -0.4 is 16.4 Å². The summed E-state index contributed by atoms with van der Waals surface area (Å²) in [6.07, 6.45) is -0.00224. The van der Waals surface area contributed by atoms with Gasteiger partial charge < -0.3 is 16.4 Å². The lowest BCUT2D eigenvalue weighted by atomic mass is 10.3. The lowest BCUT2D eigenvalue weighted by Crippen LogP contribution is -2.37. The van der Waals surface area contributed by atoms with Gasteiger partial charge >= 0.3 is 11.8 Å². The van der Waals surface area contributed by atoms with Crippen LogP contribution in [0.5, 0.6) is 0 Å². The molecule has 1 rings (SSSR count). The first kappa shape index (κ1) is 18.0. The molecule has 0 aliphatic heterocycles. The number of nitrogens with two attached hydrogens (primary N) is 1. The molecule has 0 saturated heterocycles. The lowest BCUT2D eigenvalue weighted by molar-refractivity contribution is -0.136. The average Bonchev–Trinajstić information content (AvgIpc) is 2.38. The van der Waals surface area contributed by atoms with Gasteiger partial charge in [0.05, 0.1) is 0 Å². The summed E-state index contributed by atoms with van der Waals surface area (Å²) in [5, 5.41) is 4.81. The molecule has 4 N–H and O–H groups in total. The van der Waals surface area contributed by atoms with Crippen LogP contribution in [0.3, 0.4) is 0 Å². The summed E-state index contributed by atoms with van der Waals surface area (Å²) in [5.74, 6) is -2.11. The number of benzene rings is 1. The minimum Gasteiger partial charge on any atom is -0.370 e. The van der Waals surface area contributed by atoms with Gasteiger partial charge in [0.2, 0.25) is 5.91 Å². The Hall–Kier alpha value is -2.02. The van der Waals surface area contributed by atoms with Crippen LogP contribution >= 0.6 is 11.8 Å². The lowest BCUT2D eigenvalue weighted by Gasteiger charge is -2.17. The molecule has 0 fully saturated rings. The molecule has 1 aromatic rings. The van der Waals surface area contributed by atoms with Crippen molar-refractivity contribution in [3.63, 3.8) is 0 Å². The Balaban J connectivity index is 2.50. The normalized spacial score (nSPS) is 10.9. The molecule has 0 aliphatic carbocycles. The number of primary amides is 1. The fourth-order valence-corrected chi connectivity index (χ4v) is 2.51. The second-order valence-corrected chi connectivity index (χ2v) is 7.57. The number of carbonyl (C=O) groups is 3. The standard InChI is InChI=1S/C15H21N3O3S/c1-15(2,3)22-11-6-4-10(5-7-11)18-14(21)13(20)17-9-8-12(16)19/h4-7H,8-9H2,1-3H3,(H2,16,19)(H,17,20)(H,18,21). The highest BCUT2D eigenvalue weighted by molar-refractivity contribution is 8.00. The van der Waals surface area contributed by atoms with Crippen LogP contribution in [0.25, 0.3) is 0 Å². The number of hydrogen-bond acceptors (Lipinski definition) is 4. The number of carbonyl (C=O) groups excluding carboxylic acids is 3. The maximum Gasteiger partial charge on any atom is 0.313 e. The van der Waals surface area contributed by atoms with E-state index in [1.54, 1.807) is 23.9 Å². The van der Waals surface area contributed by atoms with Gasteiger partial charge in [-0.2, -0.15) is 0 Å². The summed E-state index contributed by atoms with van der Waals surface area (Å²) in [4.78, 5) is 34.8. The molecule has 0 unspecified atom stereocenters. The number of thioether (sulfide) groups is 1. The zero-order chi connectivity index (χ0) is 16.8. The minimum absolute atomic E-state index is 0.00224. The van der Waals surface area contributed by atoms with Gasteiger partial charge in [0.25, 0.3) is 0 Å². The van der Waals surface area contributed by atoms with Crippen molar-refractivity contribution in [3.05, 3.63) is 24.3 Å². The van der Waals surface area contributed by atoms with Crippen LogP contribution in [0.2, 0.25) is 0 Å². The van der Waals surface area contributed by atoms with E-state index in [0.717, 1.165) is 4.90 Å². The first-order valence-corrected chi connectivity index (χ1v) is 7.65. The summed E-state index contributed by atoms with van der Waals surface area (Å²) >= 11 is 1.71. The fraction of sp³-hybridized carbons (Fsp3) is 0.400. The average molecular weight is 323 g/mol. The van der Waals surface area contributed by atoms with E-state index < -0.39 is 17.7 Å². The van der Waals surface area contributed by atoms with Gasteiger partial charge in [0.15, 0.2) is 0 Å². The van der Waals surface area contributed by atoms with Gasteiger partial charge in [0, 0.05) is 28.3 Å². The molecule has 6 nitrogen and oxygen atoms in total. The summed E-state index contributed by atoms with van der Waals surface area (Å²) in [6.45, 7) is 6.39. The van der Waals surface area contributed by atoms with E-state index in [0.29, 0.717) is 5.69 Å². The predicted octanol–water partition coefficient (Wildman–Crippen LogP) is 1.51. The topological polar surface area (TPSA) is 101 Å². The van der Waals surface area contributed by atoms with E-state index in [2.05, 4.69) is 31.4 Å². The van der Waals surface area contributed by atoms with Crippen molar-refractivity contribution in [2.45, 2.75) is 36.8 Å². The van der Waals surface area contributed by atoms with Crippen LogP contribution in [-0.2, 0) is 14.4 Å². The van der Waals surface area contributed by atoms with E-state index in [-0.39, 0.29) is 17.7 Å². The first-order valence-electron chi connectivity index (χ1n) is 6.84. The molecule has 3 amide bonds. The fourth-order valence-electron chi connectivity index (χ4n) is 1.53. The quantitative estimate of drug-likeness (QED) is 0.564. The highest BCUT2D eigenvalue weighted by Crippen LogP contribution is 2.32. The Morgan fingerprint density at radius 2 is 1.68 bits per heavy atom. The van der Waals surface area contributed by atoms with Crippen molar-refractivity contribution in [2.75, 3.05) is 11.9 Å². The molecule has 22 heavy (non-hydrogen) atoms. The predicted molar refractivity (Wildman–Crippen MR) is 87.5 cm³/mol. The van der Waals surface area contributed by atoms with Gasteiger partial charge in [-0.25, -0.2) is 0 Å². The molecule has 0 aliphatic rings. The van der Waals surface area contributed by atoms with Crippen molar-refractivity contribution in [1.82, 2.24) is 5.32 Å². The van der Waals surface area contributed by atoms with Gasteiger partial charge in [0.1, 0.15) is 0 Å². The molecule has 0 saturated carbocycles. The summed E-state index contributed by atoms with van der Waals surface area (Å²) in [7, 11) is 0. The zero-order valence-electron chi connectivity index (χ0n) is 12.9. The van der Waals surface area contributed by atoms with E-state index in [9.17, 15) is 14.4 Å². The number of anilines is 1. The number of rotatable bonds is 5. The largest absolute Gasteiger partial charge is 0.370 e. The maximum atomic E-state index is 11.7. The van der Waals surface area contributed by atoms with Crippen molar-refractivity contribution in [2.24, 2.45) is 5.73 Å². The highest BCUT2D eigenvalue weighted by Gasteiger charge is 2.14. The molecule has 0 heterocycles. The van der Waals surface area contributed by atoms with Crippen molar-refractivity contribution in [3.8, 4) is 0 Å². The van der Waals surface area contributed by atoms with Crippen LogP contribution in [0.1, 0.15) is 27.2 Å². The third-order valence-corrected chi connectivity index (χ3v) is 3.52. The molecule has 0 bridgehead atoms. The Bertz CT molecular complexity index is 550. The van der Waals surface area contributed by atoms with E-state index in [1.807, 2.05) is 12.1 Å². The smallest absolute Gasteiger partial charge is 0.313 e. The molecule has 1 aromatic carbocycles.